The van der Waals surface area contributed by atoms with Gasteiger partial charge in [0.2, 0.25) is 0 Å². The Balaban J connectivity index is 0.00000176. The molecule has 1 saturated heterocycles. The van der Waals surface area contributed by atoms with Crippen molar-refractivity contribution in [2.75, 3.05) is 19.6 Å². The summed E-state index contributed by atoms with van der Waals surface area (Å²) in [5, 5.41) is 14.6. The second-order valence-corrected chi connectivity index (χ2v) is 6.45. The standard InChI is InChI=1S/C15H25N5O.ClH/c1-2-15(6-3-7-15)11-17-14(21)13-10-20(19-18-13)12-4-8-16-9-5-12;/h10,12,16H,2-9,11H2,1H3,(H,17,21);1H. The molecule has 124 valence electrons. The van der Waals surface area contributed by atoms with Crippen molar-refractivity contribution >= 4 is 18.3 Å². The number of amides is 1. The van der Waals surface area contributed by atoms with E-state index in [4.69, 9.17) is 0 Å². The minimum absolute atomic E-state index is 0. The molecule has 1 aliphatic carbocycles. The van der Waals surface area contributed by atoms with Crippen LogP contribution in [0.25, 0.3) is 0 Å². The van der Waals surface area contributed by atoms with Gasteiger partial charge in [-0.1, -0.05) is 18.6 Å². The maximum absolute atomic E-state index is 12.2. The molecule has 0 aromatic carbocycles. The molecule has 1 amide bonds. The molecular formula is C15H26ClN5O. The highest BCUT2D eigenvalue weighted by atomic mass is 35.5. The molecule has 0 unspecified atom stereocenters. The van der Waals surface area contributed by atoms with Gasteiger partial charge in [0.15, 0.2) is 5.69 Å². The lowest BCUT2D eigenvalue weighted by Gasteiger charge is -2.41. The number of hydrogen-bond acceptors (Lipinski definition) is 4. The first-order valence-corrected chi connectivity index (χ1v) is 8.13. The van der Waals surface area contributed by atoms with E-state index in [1.807, 2.05) is 4.68 Å². The first kappa shape index (κ1) is 17.2. The molecular weight excluding hydrogens is 302 g/mol. The minimum atomic E-state index is -0.0880. The number of piperidine rings is 1. The number of rotatable bonds is 5. The summed E-state index contributed by atoms with van der Waals surface area (Å²) in [5.74, 6) is -0.0880. The summed E-state index contributed by atoms with van der Waals surface area (Å²) in [6.45, 7) is 4.98. The third kappa shape index (κ3) is 3.60. The summed E-state index contributed by atoms with van der Waals surface area (Å²) in [5.41, 5.74) is 0.778. The second-order valence-electron chi connectivity index (χ2n) is 6.45. The lowest BCUT2D eigenvalue weighted by atomic mass is 9.67. The first-order valence-electron chi connectivity index (χ1n) is 8.13. The highest BCUT2D eigenvalue weighted by Crippen LogP contribution is 2.43. The van der Waals surface area contributed by atoms with E-state index < -0.39 is 0 Å². The van der Waals surface area contributed by atoms with Crippen LogP contribution in [0.3, 0.4) is 0 Å². The van der Waals surface area contributed by atoms with E-state index in [-0.39, 0.29) is 18.3 Å². The van der Waals surface area contributed by atoms with Crippen LogP contribution in [0.2, 0.25) is 0 Å². The largest absolute Gasteiger partial charge is 0.350 e. The predicted molar refractivity (Wildman–Crippen MR) is 87.3 cm³/mol. The predicted octanol–water partition coefficient (Wildman–Crippen LogP) is 1.93. The number of nitrogens with zero attached hydrogens (tertiary/aromatic N) is 3. The molecule has 3 rings (SSSR count). The van der Waals surface area contributed by atoms with Crippen molar-refractivity contribution in [3.05, 3.63) is 11.9 Å². The van der Waals surface area contributed by atoms with Gasteiger partial charge < -0.3 is 10.6 Å². The van der Waals surface area contributed by atoms with Gasteiger partial charge in [0.05, 0.1) is 12.2 Å². The van der Waals surface area contributed by atoms with Gasteiger partial charge >= 0.3 is 0 Å². The van der Waals surface area contributed by atoms with E-state index in [9.17, 15) is 4.79 Å². The first-order chi connectivity index (χ1) is 10.2. The van der Waals surface area contributed by atoms with Crippen molar-refractivity contribution in [1.29, 1.82) is 0 Å². The quantitative estimate of drug-likeness (QED) is 0.867. The minimum Gasteiger partial charge on any atom is -0.350 e. The van der Waals surface area contributed by atoms with Gasteiger partial charge in [0.1, 0.15) is 0 Å². The summed E-state index contributed by atoms with van der Waals surface area (Å²) in [7, 11) is 0. The number of halogens is 1. The van der Waals surface area contributed by atoms with E-state index in [1.54, 1.807) is 6.20 Å². The number of carbonyl (C=O) groups is 1. The Morgan fingerprint density at radius 1 is 1.45 bits per heavy atom. The van der Waals surface area contributed by atoms with Crippen LogP contribution in [0.1, 0.15) is 62.0 Å². The van der Waals surface area contributed by atoms with Crippen LogP contribution in [-0.4, -0.2) is 40.5 Å². The SMILES string of the molecule is CCC1(CNC(=O)c2cn(C3CCNCC3)nn2)CCC1.Cl. The molecule has 2 heterocycles. The fraction of sp³-hybridized carbons (Fsp3) is 0.800. The van der Waals surface area contributed by atoms with Crippen LogP contribution in [0.15, 0.2) is 6.20 Å². The molecule has 0 spiro atoms. The molecule has 6 nitrogen and oxygen atoms in total. The van der Waals surface area contributed by atoms with Gasteiger partial charge in [-0.2, -0.15) is 0 Å². The molecule has 1 aromatic heterocycles. The van der Waals surface area contributed by atoms with Crippen molar-refractivity contribution in [3.8, 4) is 0 Å². The van der Waals surface area contributed by atoms with Crippen LogP contribution >= 0.6 is 12.4 Å². The molecule has 22 heavy (non-hydrogen) atoms. The summed E-state index contributed by atoms with van der Waals surface area (Å²) < 4.78 is 1.86. The van der Waals surface area contributed by atoms with Gasteiger partial charge in [-0.15, -0.1) is 17.5 Å². The van der Waals surface area contributed by atoms with Crippen molar-refractivity contribution < 1.29 is 4.79 Å². The van der Waals surface area contributed by atoms with E-state index >= 15 is 0 Å². The maximum atomic E-state index is 12.2. The highest BCUT2D eigenvalue weighted by Gasteiger charge is 2.35. The van der Waals surface area contributed by atoms with E-state index in [2.05, 4.69) is 27.9 Å². The van der Waals surface area contributed by atoms with E-state index in [0.717, 1.165) is 38.9 Å². The van der Waals surface area contributed by atoms with Gasteiger partial charge in [-0.3, -0.25) is 4.79 Å². The Morgan fingerprint density at radius 2 is 2.18 bits per heavy atom. The molecule has 7 heteroatoms. The molecule has 0 radical (unpaired) electrons. The average molecular weight is 328 g/mol. The van der Waals surface area contributed by atoms with Crippen LogP contribution < -0.4 is 10.6 Å². The zero-order valence-corrected chi connectivity index (χ0v) is 14.0. The Morgan fingerprint density at radius 3 is 2.77 bits per heavy atom. The van der Waals surface area contributed by atoms with Gasteiger partial charge in [0, 0.05) is 6.54 Å². The van der Waals surface area contributed by atoms with Crippen molar-refractivity contribution in [2.24, 2.45) is 5.41 Å². The van der Waals surface area contributed by atoms with Crippen LogP contribution in [0, 0.1) is 5.41 Å². The fourth-order valence-corrected chi connectivity index (χ4v) is 3.32. The number of aromatic nitrogens is 3. The molecule has 0 atom stereocenters. The number of nitrogens with one attached hydrogen (secondary N) is 2. The second kappa shape index (κ2) is 7.42. The third-order valence-corrected chi connectivity index (χ3v) is 5.21. The van der Waals surface area contributed by atoms with Crippen molar-refractivity contribution in [2.45, 2.75) is 51.5 Å². The fourth-order valence-electron chi connectivity index (χ4n) is 3.32. The summed E-state index contributed by atoms with van der Waals surface area (Å²) in [6, 6.07) is 0.369. The lowest BCUT2D eigenvalue weighted by molar-refractivity contribution is 0.0845. The molecule has 1 saturated carbocycles. The summed E-state index contributed by atoms with van der Waals surface area (Å²) in [6.07, 6.45) is 8.76. The Hall–Kier alpha value is -1.14. The lowest BCUT2D eigenvalue weighted by Crippen LogP contribution is -2.41. The van der Waals surface area contributed by atoms with Gasteiger partial charge in [0.25, 0.3) is 5.91 Å². The third-order valence-electron chi connectivity index (χ3n) is 5.21. The molecule has 2 aliphatic rings. The zero-order chi connectivity index (χ0) is 14.7. The van der Waals surface area contributed by atoms with E-state index in [1.165, 1.54) is 19.3 Å². The zero-order valence-electron chi connectivity index (χ0n) is 13.2. The normalized spacial score (nSPS) is 20.8. The molecule has 0 bridgehead atoms. The monoisotopic (exact) mass is 327 g/mol. The van der Waals surface area contributed by atoms with Gasteiger partial charge in [-0.25, -0.2) is 4.68 Å². The summed E-state index contributed by atoms with van der Waals surface area (Å²) >= 11 is 0. The summed E-state index contributed by atoms with van der Waals surface area (Å²) in [4.78, 5) is 12.2. The molecule has 2 fully saturated rings. The smallest absolute Gasteiger partial charge is 0.273 e. The van der Waals surface area contributed by atoms with Crippen LogP contribution in [-0.2, 0) is 0 Å². The Kier molecular flexibility index (Phi) is 5.81. The van der Waals surface area contributed by atoms with Crippen LogP contribution in [0.5, 0.6) is 0 Å². The van der Waals surface area contributed by atoms with Gasteiger partial charge in [-0.05, 0) is 50.6 Å². The molecule has 1 aromatic rings. The van der Waals surface area contributed by atoms with Crippen LogP contribution in [0.4, 0.5) is 0 Å². The maximum Gasteiger partial charge on any atom is 0.273 e. The Bertz CT molecular complexity index is 488. The molecule has 1 aliphatic heterocycles. The van der Waals surface area contributed by atoms with E-state index in [0.29, 0.717) is 17.2 Å². The average Bonchev–Trinajstić information content (AvgIpc) is 2.97. The molecule has 2 N–H and O–H groups in total. The Labute approximate surface area is 137 Å². The van der Waals surface area contributed by atoms with Crippen molar-refractivity contribution in [3.63, 3.8) is 0 Å². The number of carbonyl (C=O) groups excluding carboxylic acids is 1. The highest BCUT2D eigenvalue weighted by molar-refractivity contribution is 5.91. The topological polar surface area (TPSA) is 71.8 Å². The number of hydrogen-bond donors (Lipinski definition) is 2. The van der Waals surface area contributed by atoms with Crippen molar-refractivity contribution in [1.82, 2.24) is 25.6 Å².